The van der Waals surface area contributed by atoms with Crippen LogP contribution in [0.2, 0.25) is 5.02 Å². The highest BCUT2D eigenvalue weighted by Gasteiger charge is 2.23. The first-order chi connectivity index (χ1) is 9.40. The fourth-order valence-corrected chi connectivity index (χ4v) is 2.15. The monoisotopic (exact) mass is 298 g/mol. The van der Waals surface area contributed by atoms with E-state index in [0.717, 1.165) is 12.0 Å². The molecule has 0 spiro atoms. The second-order valence-electron chi connectivity index (χ2n) is 5.06. The highest BCUT2D eigenvalue weighted by molar-refractivity contribution is 6.30. The van der Waals surface area contributed by atoms with E-state index in [-0.39, 0.29) is 11.8 Å². The van der Waals surface area contributed by atoms with Gasteiger partial charge >= 0.3 is 0 Å². The van der Waals surface area contributed by atoms with E-state index in [0.29, 0.717) is 17.3 Å². The van der Waals surface area contributed by atoms with Gasteiger partial charge in [-0.1, -0.05) is 31.9 Å². The van der Waals surface area contributed by atoms with E-state index in [2.05, 4.69) is 0 Å². The number of hydrogen-bond acceptors (Lipinski definition) is 3. The van der Waals surface area contributed by atoms with Gasteiger partial charge in [0.2, 0.25) is 5.91 Å². The van der Waals surface area contributed by atoms with E-state index in [1.54, 1.807) is 37.3 Å². The van der Waals surface area contributed by atoms with Crippen LogP contribution in [0.5, 0.6) is 5.75 Å². The number of methoxy groups -OCH3 is 1. The normalized spacial score (nSPS) is 13.7. The lowest BCUT2D eigenvalue weighted by Crippen LogP contribution is -2.45. The van der Waals surface area contributed by atoms with E-state index in [9.17, 15) is 4.79 Å². The Labute approximate surface area is 125 Å². The molecule has 20 heavy (non-hydrogen) atoms. The van der Waals surface area contributed by atoms with Crippen molar-refractivity contribution in [3.8, 4) is 5.75 Å². The van der Waals surface area contributed by atoms with Gasteiger partial charge in [0.05, 0.1) is 13.2 Å². The average Bonchev–Trinajstić information content (AvgIpc) is 2.45. The molecule has 0 saturated heterocycles. The Morgan fingerprint density at radius 2 is 2.15 bits per heavy atom. The quantitative estimate of drug-likeness (QED) is 0.878. The number of ether oxygens (including phenoxy) is 1. The van der Waals surface area contributed by atoms with Crippen molar-refractivity contribution in [2.24, 2.45) is 11.7 Å². The molecule has 0 aliphatic heterocycles. The number of rotatable bonds is 6. The zero-order valence-electron chi connectivity index (χ0n) is 12.5. The Kier molecular flexibility index (Phi) is 6.30. The first-order valence-corrected chi connectivity index (χ1v) is 7.11. The van der Waals surface area contributed by atoms with Gasteiger partial charge in [0.1, 0.15) is 5.75 Å². The maximum Gasteiger partial charge on any atom is 0.239 e. The number of nitrogens with zero attached hydrogens (tertiary/aromatic N) is 1. The summed E-state index contributed by atoms with van der Waals surface area (Å²) in [5, 5.41) is 0.618. The average molecular weight is 299 g/mol. The number of likely N-dealkylation sites (N-methyl/N-ethyl adjacent to an activating group) is 1. The Bertz CT molecular complexity index is 465. The molecule has 0 bridgehead atoms. The molecule has 0 fully saturated rings. The molecule has 0 saturated carbocycles. The number of benzene rings is 1. The van der Waals surface area contributed by atoms with E-state index < -0.39 is 6.04 Å². The van der Waals surface area contributed by atoms with Gasteiger partial charge in [0.25, 0.3) is 0 Å². The van der Waals surface area contributed by atoms with Gasteiger partial charge in [0.15, 0.2) is 0 Å². The van der Waals surface area contributed by atoms with E-state index >= 15 is 0 Å². The molecule has 112 valence electrons. The largest absolute Gasteiger partial charge is 0.496 e. The van der Waals surface area contributed by atoms with E-state index in [1.165, 1.54) is 0 Å². The molecule has 4 nitrogen and oxygen atoms in total. The maximum atomic E-state index is 12.3. The fraction of sp³-hybridized carbons (Fsp3) is 0.533. The Hall–Kier alpha value is -1.26. The molecule has 2 unspecified atom stereocenters. The highest BCUT2D eigenvalue weighted by Crippen LogP contribution is 2.24. The smallest absolute Gasteiger partial charge is 0.239 e. The van der Waals surface area contributed by atoms with Gasteiger partial charge in [-0.3, -0.25) is 4.79 Å². The van der Waals surface area contributed by atoms with Crippen molar-refractivity contribution < 1.29 is 9.53 Å². The number of nitrogens with two attached hydrogens (primary N) is 1. The summed E-state index contributed by atoms with van der Waals surface area (Å²) >= 11 is 5.99. The molecule has 0 aromatic heterocycles. The van der Waals surface area contributed by atoms with Gasteiger partial charge in [-0.15, -0.1) is 0 Å². The summed E-state index contributed by atoms with van der Waals surface area (Å²) in [4.78, 5) is 13.9. The van der Waals surface area contributed by atoms with Crippen molar-refractivity contribution in [3.05, 3.63) is 28.8 Å². The minimum Gasteiger partial charge on any atom is -0.496 e. The van der Waals surface area contributed by atoms with Gasteiger partial charge in [-0.25, -0.2) is 0 Å². The fourth-order valence-electron chi connectivity index (χ4n) is 1.96. The van der Waals surface area contributed by atoms with Crippen molar-refractivity contribution in [2.75, 3.05) is 14.2 Å². The zero-order chi connectivity index (χ0) is 15.3. The summed E-state index contributed by atoms with van der Waals surface area (Å²) < 4.78 is 5.28. The molecular weight excluding hydrogens is 276 g/mol. The number of halogens is 1. The van der Waals surface area contributed by atoms with Crippen LogP contribution in [0, 0.1) is 5.92 Å². The van der Waals surface area contributed by atoms with Crippen LogP contribution >= 0.6 is 11.6 Å². The molecule has 1 amide bonds. The number of amides is 1. The minimum absolute atomic E-state index is 0.0682. The molecule has 1 rings (SSSR count). The molecule has 0 heterocycles. The molecular formula is C15H23ClN2O2. The van der Waals surface area contributed by atoms with Crippen molar-refractivity contribution in [3.63, 3.8) is 0 Å². The zero-order valence-corrected chi connectivity index (χ0v) is 13.3. The second-order valence-corrected chi connectivity index (χ2v) is 5.50. The van der Waals surface area contributed by atoms with Gasteiger partial charge < -0.3 is 15.4 Å². The lowest BCUT2D eigenvalue weighted by atomic mass is 9.99. The first kappa shape index (κ1) is 16.8. The SMILES string of the molecule is CCC(C)C(N)C(=O)N(C)Cc1cc(Cl)ccc1OC. The van der Waals surface area contributed by atoms with E-state index in [1.807, 2.05) is 13.8 Å². The van der Waals surface area contributed by atoms with Crippen molar-refractivity contribution in [1.29, 1.82) is 0 Å². The third-order valence-corrected chi connectivity index (χ3v) is 3.80. The summed E-state index contributed by atoms with van der Waals surface area (Å²) in [5.41, 5.74) is 6.85. The summed E-state index contributed by atoms with van der Waals surface area (Å²) in [7, 11) is 3.34. The predicted octanol–water partition coefficient (Wildman–Crippen LogP) is 2.68. The highest BCUT2D eigenvalue weighted by atomic mass is 35.5. The van der Waals surface area contributed by atoms with Crippen LogP contribution in [0.1, 0.15) is 25.8 Å². The first-order valence-electron chi connectivity index (χ1n) is 6.73. The van der Waals surface area contributed by atoms with Crippen molar-refractivity contribution in [2.45, 2.75) is 32.9 Å². The molecule has 0 aliphatic rings. The van der Waals surface area contributed by atoms with Crippen LogP contribution in [0.25, 0.3) is 0 Å². The lowest BCUT2D eigenvalue weighted by molar-refractivity contribution is -0.132. The summed E-state index contributed by atoms with van der Waals surface area (Å²) in [6.07, 6.45) is 0.876. The minimum atomic E-state index is -0.477. The number of carbonyl (C=O) groups excluding carboxylic acids is 1. The van der Waals surface area contributed by atoms with Gasteiger partial charge in [-0.2, -0.15) is 0 Å². The van der Waals surface area contributed by atoms with Crippen LogP contribution in [0.15, 0.2) is 18.2 Å². The van der Waals surface area contributed by atoms with Gasteiger partial charge in [-0.05, 0) is 24.1 Å². The maximum absolute atomic E-state index is 12.3. The summed E-state index contributed by atoms with van der Waals surface area (Å²) in [6.45, 7) is 4.43. The molecule has 1 aromatic carbocycles. The number of hydrogen-bond donors (Lipinski definition) is 1. The standard InChI is InChI=1S/C15H23ClN2O2/c1-5-10(2)14(17)15(19)18(3)9-11-8-12(16)6-7-13(11)20-4/h6-8,10,14H,5,9,17H2,1-4H3. The summed E-state index contributed by atoms with van der Waals surface area (Å²) in [5.74, 6) is 0.804. The van der Waals surface area contributed by atoms with Crippen LogP contribution in [0.3, 0.4) is 0 Å². The molecule has 0 radical (unpaired) electrons. The van der Waals surface area contributed by atoms with E-state index in [4.69, 9.17) is 22.1 Å². The van der Waals surface area contributed by atoms with Crippen molar-refractivity contribution >= 4 is 17.5 Å². The molecule has 5 heteroatoms. The predicted molar refractivity (Wildman–Crippen MR) is 81.9 cm³/mol. The third-order valence-electron chi connectivity index (χ3n) is 3.57. The Morgan fingerprint density at radius 1 is 1.50 bits per heavy atom. The van der Waals surface area contributed by atoms with Crippen LogP contribution in [-0.4, -0.2) is 31.0 Å². The Morgan fingerprint density at radius 3 is 2.70 bits per heavy atom. The number of carbonyl (C=O) groups is 1. The summed E-state index contributed by atoms with van der Waals surface area (Å²) in [6, 6.07) is 4.88. The molecule has 0 aliphatic carbocycles. The van der Waals surface area contributed by atoms with Crippen LogP contribution in [0.4, 0.5) is 0 Å². The Balaban J connectivity index is 2.82. The third kappa shape index (κ3) is 4.12. The van der Waals surface area contributed by atoms with Crippen LogP contribution < -0.4 is 10.5 Å². The van der Waals surface area contributed by atoms with Gasteiger partial charge in [0, 0.05) is 24.2 Å². The lowest BCUT2D eigenvalue weighted by Gasteiger charge is -2.25. The molecule has 2 atom stereocenters. The second kappa shape index (κ2) is 7.50. The molecule has 2 N–H and O–H groups in total. The molecule has 1 aromatic rings. The van der Waals surface area contributed by atoms with Crippen LogP contribution in [-0.2, 0) is 11.3 Å². The topological polar surface area (TPSA) is 55.6 Å². The van der Waals surface area contributed by atoms with Crippen molar-refractivity contribution in [1.82, 2.24) is 4.90 Å².